The third-order valence-electron chi connectivity index (χ3n) is 0.953. The molecule has 0 aliphatic heterocycles. The lowest BCUT2D eigenvalue weighted by Gasteiger charge is -1.92. The zero-order chi connectivity index (χ0) is 7.11. The summed E-state index contributed by atoms with van der Waals surface area (Å²) >= 11 is 1.69. The molecule has 56 valence electrons. The van der Waals surface area contributed by atoms with Crippen LogP contribution in [0.3, 0.4) is 0 Å². The van der Waals surface area contributed by atoms with Crippen molar-refractivity contribution in [2.24, 2.45) is 0 Å². The number of rotatable bonds is 5. The fourth-order valence-corrected chi connectivity index (χ4v) is 1.34. The van der Waals surface area contributed by atoms with E-state index in [-0.39, 0.29) is 0 Å². The maximum Gasteiger partial charge on any atom is 0.152 e. The molecular formula is C5H11BrO2S. The van der Waals surface area contributed by atoms with Gasteiger partial charge < -0.3 is 4.55 Å². The Labute approximate surface area is 66.4 Å². The van der Waals surface area contributed by atoms with Crippen LogP contribution in [0.25, 0.3) is 0 Å². The third kappa shape index (κ3) is 8.59. The first kappa shape index (κ1) is 9.59. The first-order chi connectivity index (χ1) is 4.27. The SMILES string of the molecule is O=S(O)CCCCCBr. The highest BCUT2D eigenvalue weighted by Crippen LogP contribution is 1.98. The Hall–Kier alpha value is 0.590. The molecule has 2 nitrogen and oxygen atoms in total. The second-order valence-electron chi connectivity index (χ2n) is 1.78. The van der Waals surface area contributed by atoms with Crippen LogP contribution >= 0.6 is 15.9 Å². The Morgan fingerprint density at radius 1 is 1.33 bits per heavy atom. The normalized spacial score (nSPS) is 13.6. The van der Waals surface area contributed by atoms with E-state index in [1.165, 1.54) is 0 Å². The van der Waals surface area contributed by atoms with Crippen molar-refractivity contribution < 1.29 is 8.76 Å². The van der Waals surface area contributed by atoms with Gasteiger partial charge in [0.25, 0.3) is 0 Å². The van der Waals surface area contributed by atoms with Crippen LogP contribution in [0.1, 0.15) is 19.3 Å². The zero-order valence-electron chi connectivity index (χ0n) is 5.18. The van der Waals surface area contributed by atoms with Gasteiger partial charge in [-0.3, -0.25) is 0 Å². The molecule has 4 heteroatoms. The molecule has 9 heavy (non-hydrogen) atoms. The minimum Gasteiger partial charge on any atom is -0.306 e. The van der Waals surface area contributed by atoms with E-state index >= 15 is 0 Å². The molecule has 0 aromatic carbocycles. The largest absolute Gasteiger partial charge is 0.306 e. The highest BCUT2D eigenvalue weighted by molar-refractivity contribution is 9.09. The zero-order valence-corrected chi connectivity index (χ0v) is 7.58. The van der Waals surface area contributed by atoms with Gasteiger partial charge in [0, 0.05) is 11.1 Å². The van der Waals surface area contributed by atoms with Crippen molar-refractivity contribution >= 4 is 27.0 Å². The minimum atomic E-state index is -1.58. The minimum absolute atomic E-state index is 0.424. The highest BCUT2D eigenvalue weighted by Gasteiger charge is 1.91. The predicted molar refractivity (Wildman–Crippen MR) is 43.3 cm³/mol. The summed E-state index contributed by atoms with van der Waals surface area (Å²) in [6.45, 7) is 0. The molecule has 0 spiro atoms. The van der Waals surface area contributed by atoms with E-state index in [0.29, 0.717) is 5.75 Å². The van der Waals surface area contributed by atoms with Crippen LogP contribution in [0.4, 0.5) is 0 Å². The first-order valence-corrected chi connectivity index (χ1v) is 5.30. The van der Waals surface area contributed by atoms with E-state index in [2.05, 4.69) is 15.9 Å². The molecule has 0 saturated heterocycles. The fourth-order valence-electron chi connectivity index (χ4n) is 0.497. The fraction of sp³-hybridized carbons (Fsp3) is 1.00. The van der Waals surface area contributed by atoms with Crippen molar-refractivity contribution in [1.82, 2.24) is 0 Å². The summed E-state index contributed by atoms with van der Waals surface area (Å²) in [6.07, 6.45) is 2.99. The number of hydrogen-bond acceptors (Lipinski definition) is 1. The molecule has 0 rings (SSSR count). The van der Waals surface area contributed by atoms with Gasteiger partial charge >= 0.3 is 0 Å². The van der Waals surface area contributed by atoms with Crippen LogP contribution in [0.15, 0.2) is 0 Å². The summed E-state index contributed by atoms with van der Waals surface area (Å²) in [5.74, 6) is 0.424. The van der Waals surface area contributed by atoms with Gasteiger partial charge in [0.05, 0.1) is 0 Å². The van der Waals surface area contributed by atoms with E-state index in [9.17, 15) is 4.21 Å². The molecule has 0 aromatic heterocycles. The number of hydrogen-bond donors (Lipinski definition) is 1. The Balaban J connectivity index is 2.83. The number of alkyl halides is 1. The number of unbranched alkanes of at least 4 members (excludes halogenated alkanes) is 2. The molecule has 0 amide bonds. The van der Waals surface area contributed by atoms with E-state index in [0.717, 1.165) is 24.6 Å². The van der Waals surface area contributed by atoms with Crippen molar-refractivity contribution in [2.45, 2.75) is 19.3 Å². The van der Waals surface area contributed by atoms with Crippen molar-refractivity contribution in [3.63, 3.8) is 0 Å². The molecule has 0 aliphatic rings. The van der Waals surface area contributed by atoms with E-state index in [4.69, 9.17) is 4.55 Å². The Bertz CT molecular complexity index is 87.0. The molecule has 0 fully saturated rings. The van der Waals surface area contributed by atoms with Crippen LogP contribution in [0.2, 0.25) is 0 Å². The average Bonchev–Trinajstić information content (AvgIpc) is 1.80. The van der Waals surface area contributed by atoms with Crippen LogP contribution in [0.5, 0.6) is 0 Å². The average molecular weight is 215 g/mol. The van der Waals surface area contributed by atoms with E-state index < -0.39 is 11.1 Å². The lowest BCUT2D eigenvalue weighted by Crippen LogP contribution is -1.94. The van der Waals surface area contributed by atoms with E-state index in [1.807, 2.05) is 0 Å². The van der Waals surface area contributed by atoms with Gasteiger partial charge in [-0.05, 0) is 12.8 Å². The summed E-state index contributed by atoms with van der Waals surface area (Å²) in [7, 11) is 0. The van der Waals surface area contributed by atoms with Crippen molar-refractivity contribution in [3.8, 4) is 0 Å². The molecule has 0 aliphatic carbocycles. The first-order valence-electron chi connectivity index (χ1n) is 2.91. The molecule has 0 heterocycles. The Morgan fingerprint density at radius 3 is 2.44 bits per heavy atom. The Kier molecular flexibility index (Phi) is 7.15. The molecule has 0 aromatic rings. The molecule has 1 unspecified atom stereocenters. The second kappa shape index (κ2) is 6.71. The molecule has 0 saturated carbocycles. The molecular weight excluding hydrogens is 204 g/mol. The van der Waals surface area contributed by atoms with Crippen LogP contribution in [-0.4, -0.2) is 19.8 Å². The maximum atomic E-state index is 10.1. The van der Waals surface area contributed by atoms with Gasteiger partial charge in [0.1, 0.15) is 0 Å². The van der Waals surface area contributed by atoms with Gasteiger partial charge in [-0.1, -0.05) is 22.4 Å². The summed E-state index contributed by atoms with van der Waals surface area (Å²) in [5, 5.41) is 0.991. The van der Waals surface area contributed by atoms with Crippen molar-refractivity contribution in [1.29, 1.82) is 0 Å². The summed E-state index contributed by atoms with van der Waals surface area (Å²) in [5.41, 5.74) is 0. The Morgan fingerprint density at radius 2 is 2.00 bits per heavy atom. The molecule has 0 bridgehead atoms. The quantitative estimate of drug-likeness (QED) is 0.431. The van der Waals surface area contributed by atoms with Crippen LogP contribution < -0.4 is 0 Å². The van der Waals surface area contributed by atoms with Crippen LogP contribution in [0, 0.1) is 0 Å². The van der Waals surface area contributed by atoms with Crippen molar-refractivity contribution in [2.75, 3.05) is 11.1 Å². The lowest BCUT2D eigenvalue weighted by molar-refractivity contribution is 0.560. The van der Waals surface area contributed by atoms with Gasteiger partial charge in [-0.15, -0.1) is 0 Å². The van der Waals surface area contributed by atoms with Gasteiger partial charge in [0.2, 0.25) is 0 Å². The summed E-state index contributed by atoms with van der Waals surface area (Å²) < 4.78 is 18.4. The lowest BCUT2D eigenvalue weighted by atomic mass is 10.3. The standard InChI is InChI=1S/C5H11BrO2S/c6-4-2-1-3-5-9(7)8/h1-5H2,(H,7,8). The smallest absolute Gasteiger partial charge is 0.152 e. The summed E-state index contributed by atoms with van der Waals surface area (Å²) in [6, 6.07) is 0. The monoisotopic (exact) mass is 214 g/mol. The van der Waals surface area contributed by atoms with Gasteiger partial charge in [0.15, 0.2) is 11.1 Å². The predicted octanol–water partition coefficient (Wildman–Crippen LogP) is 1.77. The van der Waals surface area contributed by atoms with Crippen LogP contribution in [-0.2, 0) is 11.1 Å². The van der Waals surface area contributed by atoms with Gasteiger partial charge in [-0.2, -0.15) is 0 Å². The molecule has 0 radical (unpaired) electrons. The topological polar surface area (TPSA) is 37.3 Å². The summed E-state index contributed by atoms with van der Waals surface area (Å²) in [4.78, 5) is 0. The maximum absolute atomic E-state index is 10.1. The van der Waals surface area contributed by atoms with Gasteiger partial charge in [-0.25, -0.2) is 4.21 Å². The van der Waals surface area contributed by atoms with E-state index in [1.54, 1.807) is 0 Å². The number of halogens is 1. The molecule has 1 atom stereocenters. The third-order valence-corrected chi connectivity index (χ3v) is 2.15. The van der Waals surface area contributed by atoms with Crippen molar-refractivity contribution in [3.05, 3.63) is 0 Å². The second-order valence-corrected chi connectivity index (χ2v) is 3.62. The highest BCUT2D eigenvalue weighted by atomic mass is 79.9. The molecule has 1 N–H and O–H groups in total.